The molecule has 0 spiro atoms. The highest BCUT2D eigenvalue weighted by Gasteiger charge is 2.45. The highest BCUT2D eigenvalue weighted by Crippen LogP contribution is 2.32. The molecule has 1 heterocycles. The van der Waals surface area contributed by atoms with E-state index in [1.54, 1.807) is 0 Å². The number of benzene rings is 3. The Morgan fingerprint density at radius 1 is 0.939 bits per heavy atom. The Balaban J connectivity index is 1.59. The second kappa shape index (κ2) is 9.04. The van der Waals surface area contributed by atoms with Crippen LogP contribution in [0.25, 0.3) is 0 Å². The minimum atomic E-state index is -1.15. The maximum atomic E-state index is 13.2. The van der Waals surface area contributed by atoms with Gasteiger partial charge in [0, 0.05) is 6.07 Å². The molecule has 3 aromatic rings. The van der Waals surface area contributed by atoms with Crippen molar-refractivity contribution in [3.05, 3.63) is 111 Å². The Kier molecular flexibility index (Phi) is 5.99. The van der Waals surface area contributed by atoms with Gasteiger partial charge in [-0.25, -0.2) is 0 Å². The van der Waals surface area contributed by atoms with Gasteiger partial charge < -0.3 is 5.32 Å². The van der Waals surface area contributed by atoms with Crippen LogP contribution < -0.4 is 5.32 Å². The zero-order chi connectivity index (χ0) is 23.5. The number of nitro benzene ring substituents is 1. The SMILES string of the molecule is C[C@@H](C(=O)N[C@@H](Cc1ccccc1)c1ccccc1)N1C(=O)c2cccc([N+](=O)[O-])c2C1=O. The topological polar surface area (TPSA) is 110 Å². The zero-order valence-electron chi connectivity index (χ0n) is 17.8. The largest absolute Gasteiger partial charge is 0.347 e. The van der Waals surface area contributed by atoms with Gasteiger partial charge in [0.15, 0.2) is 0 Å². The standard InChI is InChI=1S/C25H21N3O5/c1-16(27-24(30)19-13-8-14-21(28(32)33)22(19)25(27)31)23(29)26-20(18-11-6-3-7-12-18)15-17-9-4-2-5-10-17/h2-14,16,20H,15H2,1H3,(H,26,29)/t16-,20-/m0/s1. The van der Waals surface area contributed by atoms with Crippen molar-refractivity contribution in [3.63, 3.8) is 0 Å². The highest BCUT2D eigenvalue weighted by molar-refractivity contribution is 6.24. The predicted molar refractivity (Wildman–Crippen MR) is 121 cm³/mol. The van der Waals surface area contributed by atoms with E-state index in [1.165, 1.54) is 25.1 Å². The maximum absolute atomic E-state index is 13.2. The van der Waals surface area contributed by atoms with Crippen LogP contribution in [-0.2, 0) is 11.2 Å². The molecule has 2 atom stereocenters. The van der Waals surface area contributed by atoms with E-state index < -0.39 is 40.4 Å². The van der Waals surface area contributed by atoms with Gasteiger partial charge in [-0.3, -0.25) is 29.4 Å². The van der Waals surface area contributed by atoms with Gasteiger partial charge in [-0.1, -0.05) is 66.7 Å². The number of carbonyl (C=O) groups is 3. The molecule has 0 aliphatic carbocycles. The van der Waals surface area contributed by atoms with Crippen LogP contribution >= 0.6 is 0 Å². The predicted octanol–water partition coefficient (Wildman–Crippen LogP) is 3.68. The first-order valence-electron chi connectivity index (χ1n) is 10.4. The summed E-state index contributed by atoms with van der Waals surface area (Å²) < 4.78 is 0. The van der Waals surface area contributed by atoms with Crippen molar-refractivity contribution < 1.29 is 19.3 Å². The fourth-order valence-corrected chi connectivity index (χ4v) is 3.99. The molecule has 33 heavy (non-hydrogen) atoms. The summed E-state index contributed by atoms with van der Waals surface area (Å²) >= 11 is 0. The Morgan fingerprint density at radius 2 is 1.58 bits per heavy atom. The van der Waals surface area contributed by atoms with E-state index in [1.807, 2.05) is 60.7 Å². The number of nitrogens with one attached hydrogen (secondary N) is 1. The monoisotopic (exact) mass is 443 g/mol. The zero-order valence-corrected chi connectivity index (χ0v) is 17.8. The highest BCUT2D eigenvalue weighted by atomic mass is 16.6. The number of nitro groups is 1. The number of amides is 3. The lowest BCUT2D eigenvalue weighted by molar-refractivity contribution is -0.385. The Labute approximate surface area is 190 Å². The average Bonchev–Trinajstić information content (AvgIpc) is 3.09. The third kappa shape index (κ3) is 4.23. The van der Waals surface area contributed by atoms with Crippen LogP contribution in [0.2, 0.25) is 0 Å². The van der Waals surface area contributed by atoms with Crippen LogP contribution in [0.1, 0.15) is 44.8 Å². The molecule has 0 bridgehead atoms. The molecule has 0 fully saturated rings. The van der Waals surface area contributed by atoms with E-state index in [0.29, 0.717) is 6.42 Å². The lowest BCUT2D eigenvalue weighted by Crippen LogP contribution is -2.48. The van der Waals surface area contributed by atoms with Gasteiger partial charge >= 0.3 is 0 Å². The lowest BCUT2D eigenvalue weighted by atomic mass is 9.98. The average molecular weight is 443 g/mol. The van der Waals surface area contributed by atoms with Gasteiger partial charge in [-0.05, 0) is 30.5 Å². The maximum Gasteiger partial charge on any atom is 0.282 e. The molecular weight excluding hydrogens is 422 g/mol. The van der Waals surface area contributed by atoms with Crippen molar-refractivity contribution in [1.82, 2.24) is 10.2 Å². The number of imide groups is 1. The minimum absolute atomic E-state index is 0.0715. The molecular formula is C25H21N3O5. The summed E-state index contributed by atoms with van der Waals surface area (Å²) in [4.78, 5) is 50.4. The Morgan fingerprint density at radius 3 is 2.21 bits per heavy atom. The van der Waals surface area contributed by atoms with Crippen LogP contribution in [0.3, 0.4) is 0 Å². The normalized spacial score (nSPS) is 14.5. The number of nitrogens with zero attached hydrogens (tertiary/aromatic N) is 2. The quantitative estimate of drug-likeness (QED) is 0.340. The summed E-state index contributed by atoms with van der Waals surface area (Å²) in [6.07, 6.45) is 0.511. The summed E-state index contributed by atoms with van der Waals surface area (Å²) in [6, 6.07) is 21.4. The van der Waals surface area contributed by atoms with Crippen LogP contribution in [-0.4, -0.2) is 33.6 Å². The number of carbonyl (C=O) groups excluding carboxylic acids is 3. The van der Waals surface area contributed by atoms with Crippen molar-refractivity contribution in [2.75, 3.05) is 0 Å². The van der Waals surface area contributed by atoms with Gasteiger partial charge in [-0.2, -0.15) is 0 Å². The molecule has 1 aliphatic rings. The summed E-state index contributed by atoms with van der Waals surface area (Å²) in [5.41, 5.74) is 1.08. The number of hydrogen-bond acceptors (Lipinski definition) is 5. The van der Waals surface area contributed by atoms with Crippen molar-refractivity contribution in [2.24, 2.45) is 0 Å². The Hall–Kier alpha value is -4.33. The van der Waals surface area contributed by atoms with Crippen molar-refractivity contribution >= 4 is 23.4 Å². The number of fused-ring (bicyclic) bond motifs is 1. The van der Waals surface area contributed by atoms with Crippen LogP contribution in [0, 0.1) is 10.1 Å². The second-order valence-corrected chi connectivity index (χ2v) is 7.77. The van der Waals surface area contributed by atoms with E-state index in [9.17, 15) is 24.5 Å². The van der Waals surface area contributed by atoms with Crippen LogP contribution in [0.15, 0.2) is 78.9 Å². The van der Waals surface area contributed by atoms with Crippen molar-refractivity contribution in [3.8, 4) is 0 Å². The van der Waals surface area contributed by atoms with Crippen LogP contribution in [0.4, 0.5) is 5.69 Å². The molecule has 8 heteroatoms. The molecule has 1 N–H and O–H groups in total. The molecule has 0 saturated carbocycles. The third-order valence-corrected chi connectivity index (χ3v) is 5.69. The van der Waals surface area contributed by atoms with Gasteiger partial charge in [0.05, 0.1) is 16.5 Å². The second-order valence-electron chi connectivity index (χ2n) is 7.77. The summed E-state index contributed by atoms with van der Waals surface area (Å²) in [7, 11) is 0. The molecule has 8 nitrogen and oxygen atoms in total. The van der Waals surface area contributed by atoms with E-state index in [2.05, 4.69) is 5.32 Å². The molecule has 0 radical (unpaired) electrons. The lowest BCUT2D eigenvalue weighted by Gasteiger charge is -2.26. The molecule has 0 aromatic heterocycles. The van der Waals surface area contributed by atoms with Gasteiger partial charge in [0.2, 0.25) is 5.91 Å². The number of rotatable bonds is 7. The first-order chi connectivity index (χ1) is 15.9. The summed E-state index contributed by atoms with van der Waals surface area (Å²) in [6.45, 7) is 1.44. The molecule has 4 rings (SSSR count). The van der Waals surface area contributed by atoms with Crippen molar-refractivity contribution in [2.45, 2.75) is 25.4 Å². The van der Waals surface area contributed by atoms with Gasteiger partial charge in [0.1, 0.15) is 11.6 Å². The van der Waals surface area contributed by atoms with E-state index in [4.69, 9.17) is 0 Å². The molecule has 166 valence electrons. The van der Waals surface area contributed by atoms with Crippen molar-refractivity contribution in [1.29, 1.82) is 0 Å². The van der Waals surface area contributed by atoms with E-state index in [-0.39, 0.29) is 11.1 Å². The fourth-order valence-electron chi connectivity index (χ4n) is 3.99. The molecule has 3 amide bonds. The first kappa shape index (κ1) is 21.9. The van der Waals surface area contributed by atoms with Crippen LogP contribution in [0.5, 0.6) is 0 Å². The number of hydrogen-bond donors (Lipinski definition) is 1. The smallest absolute Gasteiger partial charge is 0.282 e. The molecule has 3 aromatic carbocycles. The molecule has 1 aliphatic heterocycles. The minimum Gasteiger partial charge on any atom is -0.347 e. The van der Waals surface area contributed by atoms with Gasteiger partial charge in [0.25, 0.3) is 17.5 Å². The third-order valence-electron chi connectivity index (χ3n) is 5.69. The first-order valence-corrected chi connectivity index (χ1v) is 10.4. The fraction of sp³-hybridized carbons (Fsp3) is 0.160. The molecule has 0 unspecified atom stereocenters. The van der Waals surface area contributed by atoms with E-state index in [0.717, 1.165) is 16.0 Å². The van der Waals surface area contributed by atoms with Gasteiger partial charge in [-0.15, -0.1) is 0 Å². The van der Waals surface area contributed by atoms with E-state index >= 15 is 0 Å². The Bertz CT molecular complexity index is 1230. The molecule has 0 saturated heterocycles. The summed E-state index contributed by atoms with van der Waals surface area (Å²) in [5, 5.41) is 14.3. The summed E-state index contributed by atoms with van der Waals surface area (Å²) in [5.74, 6) is -2.10.